The Morgan fingerprint density at radius 3 is 2.45 bits per heavy atom. The molecule has 160 valence electrons. The van der Waals surface area contributed by atoms with Gasteiger partial charge in [-0.1, -0.05) is 22.0 Å². The van der Waals surface area contributed by atoms with Gasteiger partial charge in [0.2, 0.25) is 0 Å². The Bertz CT molecular complexity index is 1080. The number of anilines is 1. The molecule has 0 saturated carbocycles. The van der Waals surface area contributed by atoms with Crippen LogP contribution in [-0.4, -0.2) is 42.1 Å². The number of benzene rings is 2. The number of hydrogen-bond donors (Lipinski definition) is 2. The van der Waals surface area contributed by atoms with Crippen LogP contribution in [-0.2, 0) is 14.4 Å². The van der Waals surface area contributed by atoms with E-state index in [2.05, 4.69) is 21.2 Å². The predicted molar refractivity (Wildman–Crippen MR) is 114 cm³/mol. The van der Waals surface area contributed by atoms with Crippen molar-refractivity contribution >= 4 is 51.5 Å². The average molecular weight is 489 g/mol. The molecule has 0 radical (unpaired) electrons. The molecular formula is C21H17BrN2O7. The highest BCUT2D eigenvalue weighted by Crippen LogP contribution is 2.30. The van der Waals surface area contributed by atoms with Gasteiger partial charge in [-0.05, 0) is 55.0 Å². The zero-order chi connectivity index (χ0) is 22.5. The SMILES string of the molecule is CCOc1cc(/C=C2/C(=O)NC(=O)N(c3ccc(Br)cc3)C2=O)ccc1OCC(=O)O. The molecule has 1 aliphatic heterocycles. The second-order valence-corrected chi connectivity index (χ2v) is 7.17. The third kappa shape index (κ3) is 5.10. The fourth-order valence-corrected chi connectivity index (χ4v) is 3.05. The molecule has 1 heterocycles. The molecule has 0 unspecified atom stereocenters. The molecule has 4 amide bonds. The molecule has 2 N–H and O–H groups in total. The van der Waals surface area contributed by atoms with E-state index in [0.29, 0.717) is 11.3 Å². The van der Waals surface area contributed by atoms with Crippen LogP contribution in [0.15, 0.2) is 52.5 Å². The number of carbonyl (C=O) groups excluding carboxylic acids is 3. The van der Waals surface area contributed by atoms with Crippen molar-refractivity contribution in [3.63, 3.8) is 0 Å². The molecule has 2 aromatic rings. The van der Waals surface area contributed by atoms with Gasteiger partial charge in [0.25, 0.3) is 11.8 Å². The number of aliphatic carboxylic acids is 1. The summed E-state index contributed by atoms with van der Waals surface area (Å²) in [4.78, 5) is 49.1. The minimum absolute atomic E-state index is 0.206. The van der Waals surface area contributed by atoms with Gasteiger partial charge in [-0.15, -0.1) is 0 Å². The summed E-state index contributed by atoms with van der Waals surface area (Å²) < 4.78 is 11.4. The minimum Gasteiger partial charge on any atom is -0.490 e. The number of imide groups is 2. The Hall–Kier alpha value is -3.66. The lowest BCUT2D eigenvalue weighted by Crippen LogP contribution is -2.54. The zero-order valence-corrected chi connectivity index (χ0v) is 17.8. The minimum atomic E-state index is -1.14. The molecule has 1 saturated heterocycles. The lowest BCUT2D eigenvalue weighted by molar-refractivity contribution is -0.139. The lowest BCUT2D eigenvalue weighted by Gasteiger charge is -2.26. The summed E-state index contributed by atoms with van der Waals surface area (Å²) in [5, 5.41) is 10.9. The van der Waals surface area contributed by atoms with Crippen LogP contribution < -0.4 is 19.7 Å². The van der Waals surface area contributed by atoms with Gasteiger partial charge >= 0.3 is 12.0 Å². The molecule has 10 heteroatoms. The van der Waals surface area contributed by atoms with Crippen molar-refractivity contribution in [1.82, 2.24) is 5.32 Å². The molecule has 0 spiro atoms. The molecule has 31 heavy (non-hydrogen) atoms. The Balaban J connectivity index is 1.95. The largest absolute Gasteiger partial charge is 0.490 e. The van der Waals surface area contributed by atoms with Crippen molar-refractivity contribution in [3.05, 3.63) is 58.1 Å². The number of amides is 4. The van der Waals surface area contributed by atoms with Gasteiger partial charge in [0, 0.05) is 4.47 Å². The van der Waals surface area contributed by atoms with Crippen molar-refractivity contribution < 1.29 is 33.8 Å². The highest BCUT2D eigenvalue weighted by atomic mass is 79.9. The summed E-state index contributed by atoms with van der Waals surface area (Å²) in [5.41, 5.74) is 0.482. The summed E-state index contributed by atoms with van der Waals surface area (Å²) in [6.07, 6.45) is 1.32. The van der Waals surface area contributed by atoms with Crippen molar-refractivity contribution in [1.29, 1.82) is 0 Å². The second kappa shape index (κ2) is 9.43. The Morgan fingerprint density at radius 1 is 1.10 bits per heavy atom. The van der Waals surface area contributed by atoms with Crippen molar-refractivity contribution in [2.45, 2.75) is 6.92 Å². The molecule has 1 fully saturated rings. The molecule has 0 atom stereocenters. The Labute approximate surface area is 185 Å². The number of nitrogens with one attached hydrogen (secondary N) is 1. The first-order chi connectivity index (χ1) is 14.8. The van der Waals surface area contributed by atoms with Gasteiger partial charge in [-0.2, -0.15) is 0 Å². The number of nitrogens with zero attached hydrogens (tertiary/aromatic N) is 1. The van der Waals surface area contributed by atoms with Crippen LogP contribution >= 0.6 is 15.9 Å². The van der Waals surface area contributed by atoms with Gasteiger partial charge in [-0.3, -0.25) is 14.9 Å². The molecule has 0 aromatic heterocycles. The maximum absolute atomic E-state index is 12.9. The number of halogens is 1. The van der Waals surface area contributed by atoms with Crippen LogP contribution in [0.3, 0.4) is 0 Å². The van der Waals surface area contributed by atoms with E-state index in [4.69, 9.17) is 14.6 Å². The van der Waals surface area contributed by atoms with Crippen LogP contribution in [0.1, 0.15) is 12.5 Å². The normalized spacial score (nSPS) is 15.1. The van der Waals surface area contributed by atoms with E-state index in [0.717, 1.165) is 9.37 Å². The molecule has 1 aliphatic rings. The molecule has 3 rings (SSSR count). The smallest absolute Gasteiger partial charge is 0.341 e. The van der Waals surface area contributed by atoms with Gasteiger partial charge < -0.3 is 14.6 Å². The van der Waals surface area contributed by atoms with E-state index in [1.54, 1.807) is 31.2 Å². The average Bonchev–Trinajstić information content (AvgIpc) is 2.72. The van der Waals surface area contributed by atoms with Crippen molar-refractivity contribution in [2.75, 3.05) is 18.1 Å². The summed E-state index contributed by atoms with van der Waals surface area (Å²) in [6.45, 7) is 1.48. The van der Waals surface area contributed by atoms with Gasteiger partial charge in [-0.25, -0.2) is 14.5 Å². The van der Waals surface area contributed by atoms with Crippen molar-refractivity contribution in [2.24, 2.45) is 0 Å². The number of hydrogen-bond acceptors (Lipinski definition) is 6. The third-order valence-electron chi connectivity index (χ3n) is 4.12. The van der Waals surface area contributed by atoms with Gasteiger partial charge in [0.15, 0.2) is 18.1 Å². The number of carbonyl (C=O) groups is 4. The first kappa shape index (κ1) is 22.0. The van der Waals surface area contributed by atoms with E-state index >= 15 is 0 Å². The van der Waals surface area contributed by atoms with Crippen molar-refractivity contribution in [3.8, 4) is 11.5 Å². The summed E-state index contributed by atoms with van der Waals surface area (Å²) in [5.74, 6) is -2.29. The lowest BCUT2D eigenvalue weighted by atomic mass is 10.1. The highest BCUT2D eigenvalue weighted by Gasteiger charge is 2.36. The van der Waals surface area contributed by atoms with Gasteiger partial charge in [0.1, 0.15) is 5.57 Å². The van der Waals surface area contributed by atoms with E-state index in [-0.39, 0.29) is 23.7 Å². The second-order valence-electron chi connectivity index (χ2n) is 6.26. The topological polar surface area (TPSA) is 122 Å². The van der Waals surface area contributed by atoms with E-state index in [9.17, 15) is 19.2 Å². The van der Waals surface area contributed by atoms with Crippen LogP contribution in [0.2, 0.25) is 0 Å². The fourth-order valence-electron chi connectivity index (χ4n) is 2.79. The number of urea groups is 1. The molecule has 0 aliphatic carbocycles. The van der Waals surface area contributed by atoms with E-state index in [1.165, 1.54) is 24.3 Å². The highest BCUT2D eigenvalue weighted by molar-refractivity contribution is 9.10. The number of rotatable bonds is 7. The number of carboxylic acids is 1. The molecule has 2 aromatic carbocycles. The summed E-state index contributed by atoms with van der Waals surface area (Å²) in [7, 11) is 0. The van der Waals surface area contributed by atoms with Crippen LogP contribution in [0.5, 0.6) is 11.5 Å². The zero-order valence-electron chi connectivity index (χ0n) is 16.3. The Morgan fingerprint density at radius 2 is 1.81 bits per heavy atom. The molecule has 0 bridgehead atoms. The van der Waals surface area contributed by atoms with E-state index < -0.39 is 30.4 Å². The summed E-state index contributed by atoms with van der Waals surface area (Å²) in [6, 6.07) is 10.1. The maximum Gasteiger partial charge on any atom is 0.341 e. The monoisotopic (exact) mass is 488 g/mol. The first-order valence-corrected chi connectivity index (χ1v) is 9.88. The maximum atomic E-state index is 12.9. The standard InChI is InChI=1S/C21H17BrN2O7/c1-2-30-17-10-12(3-8-16(17)31-11-18(25)26)9-15-19(27)23-21(29)24(20(15)28)14-6-4-13(22)5-7-14/h3-10H,2,11H2,1H3,(H,25,26)(H,23,27,29)/b15-9-. The first-order valence-electron chi connectivity index (χ1n) is 9.08. The fraction of sp³-hybridized carbons (Fsp3) is 0.143. The number of barbiturate groups is 1. The van der Waals surface area contributed by atoms with Crippen LogP contribution in [0.4, 0.5) is 10.5 Å². The Kier molecular flexibility index (Phi) is 6.71. The summed E-state index contributed by atoms with van der Waals surface area (Å²) >= 11 is 3.29. The quantitative estimate of drug-likeness (QED) is 0.453. The van der Waals surface area contributed by atoms with Crippen LogP contribution in [0, 0.1) is 0 Å². The number of ether oxygens (including phenoxy) is 2. The number of carboxylic acid groups (broad SMARTS) is 1. The van der Waals surface area contributed by atoms with E-state index in [1.807, 2.05) is 0 Å². The predicted octanol–water partition coefficient (Wildman–Crippen LogP) is 2.98. The molecule has 9 nitrogen and oxygen atoms in total. The van der Waals surface area contributed by atoms with Crippen LogP contribution in [0.25, 0.3) is 6.08 Å². The molecular weight excluding hydrogens is 472 g/mol. The third-order valence-corrected chi connectivity index (χ3v) is 4.64. The van der Waals surface area contributed by atoms with Gasteiger partial charge in [0.05, 0.1) is 12.3 Å².